The van der Waals surface area contributed by atoms with E-state index in [0.717, 1.165) is 40.9 Å². The minimum Gasteiger partial charge on any atom is -0.427 e. The fraction of sp³-hybridized carbons (Fsp3) is 0.529. The number of H-pyrrole nitrogens is 1. The first-order valence-electron chi connectivity index (χ1n) is 8.90. The molecule has 2 aliphatic rings. The van der Waals surface area contributed by atoms with Crippen LogP contribution in [0.15, 0.2) is 23.6 Å². The highest BCUT2D eigenvalue weighted by Crippen LogP contribution is 2.32. The average molecular weight is 362 g/mol. The van der Waals surface area contributed by atoms with Gasteiger partial charge in [-0.05, 0) is 31.1 Å². The number of hydrogen-bond donors (Lipinski definition) is 4. The lowest BCUT2D eigenvalue weighted by Crippen LogP contribution is -2.47. The van der Waals surface area contributed by atoms with Crippen LogP contribution in [0.25, 0.3) is 11.0 Å². The molecular weight excluding hydrogens is 335 g/mol. The van der Waals surface area contributed by atoms with Gasteiger partial charge in [0.1, 0.15) is 5.65 Å². The van der Waals surface area contributed by atoms with Gasteiger partial charge in [-0.1, -0.05) is 20.8 Å². The maximum atomic E-state index is 9.90. The van der Waals surface area contributed by atoms with Gasteiger partial charge in [0.05, 0.1) is 5.71 Å². The van der Waals surface area contributed by atoms with Crippen molar-refractivity contribution in [2.24, 2.45) is 16.8 Å². The largest absolute Gasteiger partial charge is 0.585 e. The summed E-state index contributed by atoms with van der Waals surface area (Å²) in [5.41, 5.74) is 9.16. The first-order chi connectivity index (χ1) is 12.2. The Hall–Kier alpha value is -1.51. The number of aromatic amines is 1. The highest BCUT2D eigenvalue weighted by molar-refractivity contribution is 7.80. The molecule has 1 aliphatic heterocycles. The van der Waals surface area contributed by atoms with Gasteiger partial charge in [0.25, 0.3) is 0 Å². The maximum Gasteiger partial charge on any atom is 0.585 e. The Morgan fingerprint density at radius 1 is 1.44 bits per heavy atom. The van der Waals surface area contributed by atoms with Crippen molar-refractivity contribution in [3.63, 3.8) is 0 Å². The first-order valence-corrected chi connectivity index (χ1v) is 9.53. The van der Waals surface area contributed by atoms with Crippen molar-refractivity contribution in [2.75, 3.05) is 5.75 Å². The third-order valence-corrected chi connectivity index (χ3v) is 4.62. The van der Waals surface area contributed by atoms with Crippen molar-refractivity contribution in [3.8, 4) is 0 Å². The van der Waals surface area contributed by atoms with Crippen molar-refractivity contribution in [3.05, 3.63) is 24.0 Å². The van der Waals surface area contributed by atoms with Gasteiger partial charge >= 0.3 is 7.12 Å². The van der Waals surface area contributed by atoms with Gasteiger partial charge in [0, 0.05) is 40.8 Å². The minimum absolute atomic E-state index is 0.242. The number of aromatic nitrogens is 2. The number of nitrogens with two attached hydrogens (primary N) is 1. The van der Waals surface area contributed by atoms with Gasteiger partial charge in [0.15, 0.2) is 0 Å². The summed E-state index contributed by atoms with van der Waals surface area (Å²) in [5.74, 6) is 1.32. The van der Waals surface area contributed by atoms with Crippen molar-refractivity contribution < 1.29 is 9.78 Å². The Morgan fingerprint density at radius 3 is 2.72 bits per heavy atom. The number of rotatable bonds is 2. The standard InChI is InChI=1S/C12H13BN4O2.C3H8S.C2H6/c14-7-3-6(4-7)11-10-8-1-2-15-12(8)16-5-9(10)13(18)19-17-11;1-2-3-4;1-2/h1-2,5-7,18H,3-4,14H2,(H,15,16);4H,2-3H2,1H3;1-2H3. The zero-order valence-electron chi connectivity index (χ0n) is 15.1. The molecule has 2 aromatic heterocycles. The summed E-state index contributed by atoms with van der Waals surface area (Å²) in [5, 5.41) is 15.0. The molecule has 0 amide bonds. The molecule has 0 spiro atoms. The highest BCUT2D eigenvalue weighted by atomic mass is 32.1. The van der Waals surface area contributed by atoms with Crippen molar-refractivity contribution in [2.45, 2.75) is 46.1 Å². The Morgan fingerprint density at radius 2 is 2.12 bits per heavy atom. The fourth-order valence-electron chi connectivity index (χ4n) is 2.87. The fourth-order valence-corrected chi connectivity index (χ4v) is 2.87. The van der Waals surface area contributed by atoms with Crippen LogP contribution in [0.1, 0.15) is 45.6 Å². The molecule has 0 atom stereocenters. The highest BCUT2D eigenvalue weighted by Gasteiger charge is 2.38. The summed E-state index contributed by atoms with van der Waals surface area (Å²) in [4.78, 5) is 7.36. The normalized spacial score (nSPS) is 20.9. The smallest absolute Gasteiger partial charge is 0.427 e. The summed E-state index contributed by atoms with van der Waals surface area (Å²) in [6.07, 6.45) is 6.48. The van der Waals surface area contributed by atoms with E-state index < -0.39 is 7.12 Å². The zero-order valence-corrected chi connectivity index (χ0v) is 16.0. The van der Waals surface area contributed by atoms with Crippen LogP contribution in [0.4, 0.5) is 0 Å². The van der Waals surface area contributed by atoms with Crippen LogP contribution in [0.2, 0.25) is 0 Å². The molecule has 4 rings (SSSR count). The predicted octanol–water partition coefficient (Wildman–Crippen LogP) is 2.07. The van der Waals surface area contributed by atoms with Crippen LogP contribution < -0.4 is 11.2 Å². The quantitative estimate of drug-likeness (QED) is 0.486. The van der Waals surface area contributed by atoms with Crippen molar-refractivity contribution in [1.29, 1.82) is 0 Å². The average Bonchev–Trinajstić information content (AvgIpc) is 3.11. The van der Waals surface area contributed by atoms with Gasteiger partial charge < -0.3 is 20.5 Å². The Balaban J connectivity index is 0.000000334. The minimum atomic E-state index is -1.04. The van der Waals surface area contributed by atoms with E-state index in [1.807, 2.05) is 26.1 Å². The second-order valence-corrected chi connectivity index (χ2v) is 6.36. The number of fused-ring (bicyclic) bond motifs is 3. The molecule has 136 valence electrons. The number of pyridine rings is 1. The molecule has 2 aromatic rings. The zero-order chi connectivity index (χ0) is 18.4. The molecular formula is C17H27BN4O2S. The molecule has 6 nitrogen and oxygen atoms in total. The van der Waals surface area contributed by atoms with E-state index in [9.17, 15) is 5.02 Å². The lowest BCUT2D eigenvalue weighted by molar-refractivity contribution is 0.271. The molecule has 0 unspecified atom stereocenters. The Labute approximate surface area is 154 Å². The lowest BCUT2D eigenvalue weighted by Gasteiger charge is -2.35. The van der Waals surface area contributed by atoms with Crippen LogP contribution in [-0.2, 0) is 4.76 Å². The topological polar surface area (TPSA) is 96.5 Å². The van der Waals surface area contributed by atoms with E-state index >= 15 is 0 Å². The van der Waals surface area contributed by atoms with E-state index in [1.54, 1.807) is 6.20 Å². The van der Waals surface area contributed by atoms with Gasteiger partial charge in [-0.2, -0.15) is 12.6 Å². The van der Waals surface area contributed by atoms with Gasteiger partial charge in [-0.15, -0.1) is 5.16 Å². The van der Waals surface area contributed by atoms with E-state index in [-0.39, 0.29) is 6.04 Å². The second-order valence-electron chi connectivity index (χ2n) is 5.91. The second kappa shape index (κ2) is 9.26. The third kappa shape index (κ3) is 4.19. The molecule has 1 fully saturated rings. The van der Waals surface area contributed by atoms with Crippen molar-refractivity contribution in [1.82, 2.24) is 9.97 Å². The number of hydrogen-bond acceptors (Lipinski definition) is 6. The van der Waals surface area contributed by atoms with Crippen LogP contribution in [-0.4, -0.2) is 39.6 Å². The van der Waals surface area contributed by atoms with E-state index in [0.29, 0.717) is 11.4 Å². The van der Waals surface area contributed by atoms with Crippen LogP contribution >= 0.6 is 12.6 Å². The summed E-state index contributed by atoms with van der Waals surface area (Å²) < 4.78 is 5.09. The number of nitrogens with zero attached hydrogens (tertiary/aromatic N) is 2. The van der Waals surface area contributed by atoms with Crippen molar-refractivity contribution >= 4 is 42.0 Å². The van der Waals surface area contributed by atoms with Gasteiger partial charge in [-0.25, -0.2) is 4.98 Å². The third-order valence-electron chi connectivity index (χ3n) is 4.17. The number of thiol groups is 1. The Bertz CT molecular complexity index is 714. The molecule has 0 aromatic carbocycles. The molecule has 0 saturated heterocycles. The molecule has 0 bridgehead atoms. The number of oxime groups is 1. The Kier molecular flexibility index (Phi) is 7.34. The SMILES string of the molecule is CC.CCCS.NC1CC(C2=NOB(O)c3cnc4[nH]ccc4c32)C1. The maximum absolute atomic E-state index is 9.90. The summed E-state index contributed by atoms with van der Waals surface area (Å²) in [6, 6.07) is 2.19. The van der Waals surface area contributed by atoms with E-state index in [1.165, 1.54) is 6.42 Å². The van der Waals surface area contributed by atoms with Gasteiger partial charge in [-0.3, -0.25) is 0 Å². The molecule has 3 heterocycles. The molecule has 25 heavy (non-hydrogen) atoms. The first kappa shape index (κ1) is 19.8. The predicted molar refractivity (Wildman–Crippen MR) is 108 cm³/mol. The summed E-state index contributed by atoms with van der Waals surface area (Å²) in [6.45, 7) is 6.10. The molecule has 0 radical (unpaired) electrons. The van der Waals surface area contributed by atoms with Crippen LogP contribution in [0.3, 0.4) is 0 Å². The summed E-state index contributed by atoms with van der Waals surface area (Å²) >= 11 is 3.92. The molecule has 1 saturated carbocycles. The summed E-state index contributed by atoms with van der Waals surface area (Å²) in [7, 11) is -1.04. The lowest BCUT2D eigenvalue weighted by atomic mass is 9.69. The molecule has 4 N–H and O–H groups in total. The van der Waals surface area contributed by atoms with Crippen LogP contribution in [0, 0.1) is 5.92 Å². The van der Waals surface area contributed by atoms with Gasteiger partial charge in [0.2, 0.25) is 0 Å². The van der Waals surface area contributed by atoms with Crippen LogP contribution in [0.5, 0.6) is 0 Å². The molecule has 8 heteroatoms. The monoisotopic (exact) mass is 362 g/mol. The molecule has 1 aliphatic carbocycles. The van der Waals surface area contributed by atoms with E-state index in [4.69, 9.17) is 10.5 Å². The van der Waals surface area contributed by atoms with E-state index in [2.05, 4.69) is 34.7 Å². The number of nitrogens with one attached hydrogen (secondary N) is 1.